The Morgan fingerprint density at radius 3 is 2.53 bits per heavy atom. The normalized spacial score (nSPS) is 11.7. The van der Waals surface area contributed by atoms with Gasteiger partial charge in [-0.3, -0.25) is 9.63 Å². The second kappa shape index (κ2) is 7.38. The van der Waals surface area contributed by atoms with Crippen LogP contribution in [0.5, 0.6) is 0 Å². The molecule has 1 rings (SSSR count). The third kappa shape index (κ3) is 4.97. The Bertz CT molecular complexity index is 422. The molecule has 1 aromatic carbocycles. The lowest BCUT2D eigenvalue weighted by Gasteiger charge is -2.21. The van der Waals surface area contributed by atoms with E-state index in [1.807, 2.05) is 30.3 Å². The summed E-state index contributed by atoms with van der Waals surface area (Å²) in [5.41, 5.74) is 1.05. The maximum absolute atomic E-state index is 11.9. The third-order valence-corrected chi connectivity index (χ3v) is 2.74. The van der Waals surface area contributed by atoms with Gasteiger partial charge in [0.1, 0.15) is 6.04 Å². The molecule has 0 radical (unpaired) electrons. The van der Waals surface area contributed by atoms with Gasteiger partial charge in [0.05, 0.1) is 7.11 Å². The van der Waals surface area contributed by atoms with Gasteiger partial charge in [-0.1, -0.05) is 30.3 Å². The maximum atomic E-state index is 11.9. The number of carbonyl (C=O) groups excluding carboxylic acids is 1. The van der Waals surface area contributed by atoms with Crippen molar-refractivity contribution in [3.8, 4) is 0 Å². The fraction of sp³-hybridized carbons (Fsp3) is 0.385. The van der Waals surface area contributed by atoms with Crippen LogP contribution in [0.2, 0.25) is 0 Å². The van der Waals surface area contributed by atoms with E-state index in [-0.39, 0.29) is 0 Å². The molecule has 0 aliphatic heterocycles. The number of likely N-dealkylation sites (N-methyl/N-ethyl adjacent to an activating group) is 1. The highest BCUT2D eigenvalue weighted by Crippen LogP contribution is 2.07. The van der Waals surface area contributed by atoms with Gasteiger partial charge >= 0.3 is 6.09 Å². The van der Waals surface area contributed by atoms with Crippen LogP contribution in [0, 0.1) is 0 Å². The smallest absolute Gasteiger partial charge is 0.405 e. The van der Waals surface area contributed by atoms with E-state index in [1.165, 1.54) is 14.2 Å². The molecule has 2 N–H and O–H groups in total. The Labute approximate surface area is 111 Å². The summed E-state index contributed by atoms with van der Waals surface area (Å²) < 4.78 is 0. The molecule has 0 heterocycles. The second-order valence-electron chi connectivity index (χ2n) is 4.04. The highest BCUT2D eigenvalue weighted by atomic mass is 16.7. The fourth-order valence-electron chi connectivity index (χ4n) is 1.67. The van der Waals surface area contributed by atoms with Crippen LogP contribution in [0.25, 0.3) is 0 Å². The quantitative estimate of drug-likeness (QED) is 0.760. The van der Waals surface area contributed by atoms with Crippen molar-refractivity contribution >= 4 is 12.0 Å². The third-order valence-electron chi connectivity index (χ3n) is 2.74. The van der Waals surface area contributed by atoms with E-state index in [9.17, 15) is 9.59 Å². The van der Waals surface area contributed by atoms with E-state index in [4.69, 9.17) is 9.94 Å². The van der Waals surface area contributed by atoms with Crippen molar-refractivity contribution in [2.45, 2.75) is 18.9 Å². The predicted molar refractivity (Wildman–Crippen MR) is 69.5 cm³/mol. The number of benzene rings is 1. The molecule has 0 saturated carbocycles. The molecule has 2 amide bonds. The van der Waals surface area contributed by atoms with Crippen LogP contribution in [-0.4, -0.2) is 42.4 Å². The Kier molecular flexibility index (Phi) is 5.81. The Morgan fingerprint density at radius 1 is 1.37 bits per heavy atom. The monoisotopic (exact) mass is 266 g/mol. The first-order valence-corrected chi connectivity index (χ1v) is 5.89. The van der Waals surface area contributed by atoms with Crippen LogP contribution in [-0.2, 0) is 16.1 Å². The van der Waals surface area contributed by atoms with Gasteiger partial charge in [-0.05, 0) is 18.4 Å². The minimum atomic E-state index is -1.23. The average Bonchev–Trinajstić information content (AvgIpc) is 2.42. The van der Waals surface area contributed by atoms with E-state index in [0.29, 0.717) is 12.8 Å². The van der Waals surface area contributed by atoms with Gasteiger partial charge in [0, 0.05) is 7.05 Å². The molecule has 0 bridgehead atoms. The Balaban J connectivity index is 2.64. The predicted octanol–water partition coefficient (Wildman–Crippen LogP) is 1.28. The van der Waals surface area contributed by atoms with Crippen LogP contribution >= 0.6 is 0 Å². The fourth-order valence-corrected chi connectivity index (χ4v) is 1.67. The van der Waals surface area contributed by atoms with Crippen molar-refractivity contribution in [1.29, 1.82) is 0 Å². The van der Waals surface area contributed by atoms with E-state index < -0.39 is 18.0 Å². The molecule has 6 nitrogen and oxygen atoms in total. The molecule has 1 atom stereocenters. The zero-order chi connectivity index (χ0) is 14.3. The lowest BCUT2D eigenvalue weighted by atomic mass is 10.0. The first-order chi connectivity index (χ1) is 9.04. The van der Waals surface area contributed by atoms with Crippen molar-refractivity contribution in [2.75, 3.05) is 14.2 Å². The molecule has 1 aromatic rings. The topological polar surface area (TPSA) is 78.9 Å². The highest BCUT2D eigenvalue weighted by Gasteiger charge is 2.23. The molecule has 6 heteroatoms. The van der Waals surface area contributed by atoms with Gasteiger partial charge < -0.3 is 10.4 Å². The van der Waals surface area contributed by atoms with Gasteiger partial charge in [-0.25, -0.2) is 9.86 Å². The first-order valence-electron chi connectivity index (χ1n) is 5.89. The van der Waals surface area contributed by atoms with E-state index in [2.05, 4.69) is 5.32 Å². The molecule has 19 heavy (non-hydrogen) atoms. The van der Waals surface area contributed by atoms with Crippen LogP contribution in [0.3, 0.4) is 0 Å². The van der Waals surface area contributed by atoms with Crippen molar-refractivity contribution in [1.82, 2.24) is 10.4 Å². The van der Waals surface area contributed by atoms with E-state index >= 15 is 0 Å². The summed E-state index contributed by atoms with van der Waals surface area (Å²) in [5.74, 6) is -0.416. The molecule has 0 aliphatic carbocycles. The Morgan fingerprint density at radius 2 is 2.00 bits per heavy atom. The highest BCUT2D eigenvalue weighted by molar-refractivity contribution is 5.84. The first kappa shape index (κ1) is 15.0. The van der Waals surface area contributed by atoms with Gasteiger partial charge in [0.2, 0.25) is 0 Å². The number of nitrogens with one attached hydrogen (secondary N) is 1. The average molecular weight is 266 g/mol. The zero-order valence-corrected chi connectivity index (χ0v) is 11.0. The maximum Gasteiger partial charge on any atom is 0.405 e. The lowest BCUT2D eigenvalue weighted by molar-refractivity contribution is -0.171. The molecule has 104 valence electrons. The zero-order valence-electron chi connectivity index (χ0n) is 11.0. The number of amides is 2. The van der Waals surface area contributed by atoms with Crippen LogP contribution in [0.15, 0.2) is 30.3 Å². The van der Waals surface area contributed by atoms with Crippen LogP contribution < -0.4 is 5.32 Å². The Hall–Kier alpha value is -2.08. The molecule has 0 spiro atoms. The van der Waals surface area contributed by atoms with Gasteiger partial charge in [0.25, 0.3) is 5.91 Å². The van der Waals surface area contributed by atoms with Crippen LogP contribution in [0.4, 0.5) is 4.79 Å². The summed E-state index contributed by atoms with van der Waals surface area (Å²) >= 11 is 0. The van der Waals surface area contributed by atoms with Crippen molar-refractivity contribution in [2.24, 2.45) is 0 Å². The van der Waals surface area contributed by atoms with Crippen LogP contribution in [0.1, 0.15) is 12.0 Å². The molecule has 0 aliphatic rings. The summed E-state index contributed by atoms with van der Waals surface area (Å²) in [6.07, 6.45) is -0.242. The minimum Gasteiger partial charge on any atom is -0.465 e. The largest absolute Gasteiger partial charge is 0.465 e. The number of rotatable bonds is 6. The van der Waals surface area contributed by atoms with E-state index in [0.717, 1.165) is 10.6 Å². The molecular weight excluding hydrogens is 248 g/mol. The van der Waals surface area contributed by atoms with Crippen molar-refractivity contribution in [3.05, 3.63) is 35.9 Å². The second-order valence-corrected chi connectivity index (χ2v) is 4.04. The standard InChI is InChI=1S/C13H18N2O4/c1-15(19-2)12(16)11(14-13(17)18)9-8-10-6-4-3-5-7-10/h3-7,11,14H,8-9H2,1-2H3,(H,17,18)/t11-/m0/s1. The van der Waals surface area contributed by atoms with Gasteiger partial charge in [-0.15, -0.1) is 0 Å². The van der Waals surface area contributed by atoms with Crippen molar-refractivity contribution in [3.63, 3.8) is 0 Å². The van der Waals surface area contributed by atoms with E-state index in [1.54, 1.807) is 0 Å². The number of hydrogen-bond acceptors (Lipinski definition) is 3. The number of hydrogen-bond donors (Lipinski definition) is 2. The summed E-state index contributed by atoms with van der Waals surface area (Å²) in [6, 6.07) is 8.75. The molecule has 0 saturated heterocycles. The molecular formula is C13H18N2O4. The summed E-state index contributed by atoms with van der Waals surface area (Å²) in [4.78, 5) is 27.4. The SMILES string of the molecule is CON(C)C(=O)[C@H](CCc1ccccc1)NC(=O)O. The molecule has 0 fully saturated rings. The molecule has 0 aromatic heterocycles. The van der Waals surface area contributed by atoms with Crippen molar-refractivity contribution < 1.29 is 19.5 Å². The number of carboxylic acid groups (broad SMARTS) is 1. The lowest BCUT2D eigenvalue weighted by Crippen LogP contribution is -2.46. The van der Waals surface area contributed by atoms with Gasteiger partial charge in [0.15, 0.2) is 0 Å². The number of hydroxylamine groups is 2. The summed E-state index contributed by atoms with van der Waals surface area (Å²) in [7, 11) is 2.80. The number of aryl methyl sites for hydroxylation is 1. The minimum absolute atomic E-state index is 0.378. The van der Waals surface area contributed by atoms with Gasteiger partial charge in [-0.2, -0.15) is 0 Å². The molecule has 0 unspecified atom stereocenters. The number of carbonyl (C=O) groups is 2. The summed E-state index contributed by atoms with van der Waals surface area (Å²) in [5, 5.41) is 12.0. The summed E-state index contributed by atoms with van der Waals surface area (Å²) in [6.45, 7) is 0. The number of nitrogens with zero attached hydrogens (tertiary/aromatic N) is 1.